The number of hydrogen-bond donors (Lipinski definition) is 1. The first-order valence-corrected chi connectivity index (χ1v) is 7.40. The Morgan fingerprint density at radius 3 is 2.65 bits per heavy atom. The molecule has 0 aliphatic carbocycles. The van der Waals surface area contributed by atoms with Gasteiger partial charge in [0.2, 0.25) is 5.91 Å². The zero-order valence-electron chi connectivity index (χ0n) is 12.4. The second-order valence-electron chi connectivity index (χ2n) is 4.96. The minimum Gasteiger partial charge on any atom is -0.341 e. The van der Waals surface area contributed by atoms with Crippen molar-refractivity contribution in [1.82, 2.24) is 14.5 Å². The topological polar surface area (TPSA) is 41.0 Å². The van der Waals surface area contributed by atoms with Crippen molar-refractivity contribution < 1.29 is 4.79 Å². The molecule has 0 aliphatic rings. The van der Waals surface area contributed by atoms with Crippen LogP contribution in [0.1, 0.15) is 32.4 Å². The lowest BCUT2D eigenvalue weighted by Gasteiger charge is -2.24. The van der Waals surface area contributed by atoms with Gasteiger partial charge in [-0.25, -0.2) is 0 Å². The Hall–Kier alpha value is -1.62. The Bertz CT molecular complexity index is 682. The molecule has 0 spiro atoms. The first kappa shape index (κ1) is 14.8. The maximum Gasteiger partial charge on any atom is 0.245 e. The van der Waals surface area contributed by atoms with Crippen LogP contribution in [0.3, 0.4) is 0 Å². The summed E-state index contributed by atoms with van der Waals surface area (Å²) in [6.07, 6.45) is 0. The minimum absolute atomic E-state index is 0.105. The van der Waals surface area contributed by atoms with E-state index in [1.54, 1.807) is 0 Å². The lowest BCUT2D eigenvalue weighted by Crippen LogP contribution is -2.36. The molecule has 2 aromatic rings. The summed E-state index contributed by atoms with van der Waals surface area (Å²) in [6.45, 7) is 9.36. The summed E-state index contributed by atoms with van der Waals surface area (Å²) in [7, 11) is 0. The van der Waals surface area contributed by atoms with E-state index in [4.69, 9.17) is 12.2 Å². The summed E-state index contributed by atoms with van der Waals surface area (Å²) < 4.78 is 2.51. The van der Waals surface area contributed by atoms with Gasteiger partial charge in [0.05, 0.1) is 11.0 Å². The smallest absolute Gasteiger partial charge is 0.245 e. The quantitative estimate of drug-likeness (QED) is 0.877. The van der Waals surface area contributed by atoms with Gasteiger partial charge >= 0.3 is 0 Å². The third-order valence-electron chi connectivity index (χ3n) is 3.78. The molecule has 1 aromatic carbocycles. The number of amides is 1. The molecule has 0 saturated heterocycles. The van der Waals surface area contributed by atoms with E-state index in [0.29, 0.717) is 17.9 Å². The lowest BCUT2D eigenvalue weighted by atomic mass is 10.2. The number of para-hydroxylation sites is 1. The molecule has 0 bridgehead atoms. The van der Waals surface area contributed by atoms with Crippen molar-refractivity contribution in [1.29, 1.82) is 0 Å². The van der Waals surface area contributed by atoms with Crippen LogP contribution < -0.4 is 0 Å². The fourth-order valence-corrected chi connectivity index (χ4v) is 2.95. The molecule has 1 amide bonds. The monoisotopic (exact) mass is 291 g/mol. The molecule has 0 saturated carbocycles. The van der Waals surface area contributed by atoms with Crippen LogP contribution in [-0.2, 0) is 4.79 Å². The minimum atomic E-state index is -0.294. The molecule has 0 aliphatic heterocycles. The number of carbonyl (C=O) groups is 1. The number of hydrogen-bond acceptors (Lipinski definition) is 2. The van der Waals surface area contributed by atoms with Gasteiger partial charge in [0.25, 0.3) is 0 Å². The molecule has 2 rings (SSSR count). The highest BCUT2D eigenvalue weighted by molar-refractivity contribution is 7.71. The highest BCUT2D eigenvalue weighted by Crippen LogP contribution is 2.22. The summed E-state index contributed by atoms with van der Waals surface area (Å²) in [4.78, 5) is 17.6. The molecule has 0 fully saturated rings. The second-order valence-corrected chi connectivity index (χ2v) is 5.34. The van der Waals surface area contributed by atoms with Gasteiger partial charge in [0, 0.05) is 13.1 Å². The number of aromatic nitrogens is 2. The van der Waals surface area contributed by atoms with Gasteiger partial charge in [-0.3, -0.25) is 4.79 Å². The van der Waals surface area contributed by atoms with Gasteiger partial charge in [0.1, 0.15) is 6.04 Å². The first-order valence-electron chi connectivity index (χ1n) is 6.99. The van der Waals surface area contributed by atoms with E-state index in [9.17, 15) is 4.79 Å². The molecule has 0 radical (unpaired) electrons. The van der Waals surface area contributed by atoms with Crippen molar-refractivity contribution in [2.45, 2.75) is 33.7 Å². The standard InChI is InChI=1S/C15H21N3OS/c1-5-17(6-2)14(19)11(4)18-12-9-7-8-10(3)13(12)16-15(18)20/h7-9,11H,5-6H2,1-4H3,(H,16,20). The number of aromatic amines is 1. The highest BCUT2D eigenvalue weighted by Gasteiger charge is 2.22. The Kier molecular flexibility index (Phi) is 4.28. The van der Waals surface area contributed by atoms with E-state index in [2.05, 4.69) is 4.98 Å². The summed E-state index contributed by atoms with van der Waals surface area (Å²) in [6, 6.07) is 5.74. The van der Waals surface area contributed by atoms with Crippen LogP contribution in [0.25, 0.3) is 11.0 Å². The van der Waals surface area contributed by atoms with E-state index in [-0.39, 0.29) is 11.9 Å². The van der Waals surface area contributed by atoms with Crippen molar-refractivity contribution in [2.75, 3.05) is 13.1 Å². The van der Waals surface area contributed by atoms with Gasteiger partial charge in [-0.15, -0.1) is 0 Å². The Morgan fingerprint density at radius 1 is 1.40 bits per heavy atom. The van der Waals surface area contributed by atoms with Gasteiger partial charge in [-0.05, 0) is 51.5 Å². The fourth-order valence-electron chi connectivity index (χ4n) is 2.59. The molecule has 108 valence electrons. The number of benzene rings is 1. The zero-order valence-corrected chi connectivity index (χ0v) is 13.3. The van der Waals surface area contributed by atoms with Crippen LogP contribution in [0, 0.1) is 11.7 Å². The molecule has 4 nitrogen and oxygen atoms in total. The summed E-state index contributed by atoms with van der Waals surface area (Å²) in [5, 5.41) is 0. The third-order valence-corrected chi connectivity index (χ3v) is 4.08. The van der Waals surface area contributed by atoms with E-state index in [0.717, 1.165) is 16.6 Å². The number of nitrogens with one attached hydrogen (secondary N) is 1. The number of rotatable bonds is 4. The number of H-pyrrole nitrogens is 1. The predicted molar refractivity (Wildman–Crippen MR) is 84.5 cm³/mol. The van der Waals surface area contributed by atoms with Crippen molar-refractivity contribution in [3.63, 3.8) is 0 Å². The third kappa shape index (κ3) is 2.38. The van der Waals surface area contributed by atoms with Crippen LogP contribution in [0.5, 0.6) is 0 Å². The Morgan fingerprint density at radius 2 is 2.05 bits per heavy atom. The van der Waals surface area contributed by atoms with E-state index < -0.39 is 0 Å². The first-order chi connectivity index (χ1) is 9.51. The molecular weight excluding hydrogens is 270 g/mol. The van der Waals surface area contributed by atoms with Crippen LogP contribution in [0.2, 0.25) is 0 Å². The highest BCUT2D eigenvalue weighted by atomic mass is 32.1. The molecule has 1 N–H and O–H groups in total. The number of imidazole rings is 1. The van der Waals surface area contributed by atoms with Crippen LogP contribution >= 0.6 is 12.2 Å². The van der Waals surface area contributed by atoms with Crippen molar-refractivity contribution >= 4 is 29.2 Å². The molecule has 1 heterocycles. The average Bonchev–Trinajstić information content (AvgIpc) is 2.77. The molecule has 5 heteroatoms. The Labute approximate surface area is 124 Å². The number of likely N-dealkylation sites (N-methyl/N-ethyl adjacent to an activating group) is 1. The SMILES string of the molecule is CCN(CC)C(=O)C(C)n1c(=S)[nH]c2c(C)cccc21. The fraction of sp³-hybridized carbons (Fsp3) is 0.467. The van der Waals surface area contributed by atoms with Gasteiger partial charge in [-0.1, -0.05) is 12.1 Å². The summed E-state index contributed by atoms with van der Waals surface area (Å²) in [5.74, 6) is 0.105. The van der Waals surface area contributed by atoms with Gasteiger partial charge in [-0.2, -0.15) is 0 Å². The van der Waals surface area contributed by atoms with Gasteiger partial charge < -0.3 is 14.5 Å². The van der Waals surface area contributed by atoms with E-state index in [1.165, 1.54) is 0 Å². The van der Waals surface area contributed by atoms with Crippen LogP contribution in [-0.4, -0.2) is 33.4 Å². The van der Waals surface area contributed by atoms with E-state index >= 15 is 0 Å². The molecule has 1 unspecified atom stereocenters. The van der Waals surface area contributed by atoms with Crippen molar-refractivity contribution in [2.24, 2.45) is 0 Å². The van der Waals surface area contributed by atoms with Crippen molar-refractivity contribution in [3.8, 4) is 0 Å². The molecular formula is C15H21N3OS. The normalized spacial score (nSPS) is 12.6. The van der Waals surface area contributed by atoms with Crippen LogP contribution in [0.15, 0.2) is 18.2 Å². The molecule has 20 heavy (non-hydrogen) atoms. The number of nitrogens with zero attached hydrogens (tertiary/aromatic N) is 2. The van der Waals surface area contributed by atoms with E-state index in [1.807, 2.05) is 55.4 Å². The summed E-state index contributed by atoms with van der Waals surface area (Å²) in [5.41, 5.74) is 3.13. The Balaban J connectivity index is 2.53. The maximum atomic E-state index is 12.5. The maximum absolute atomic E-state index is 12.5. The summed E-state index contributed by atoms with van der Waals surface area (Å²) >= 11 is 5.40. The average molecular weight is 291 g/mol. The second kappa shape index (κ2) is 5.79. The van der Waals surface area contributed by atoms with Crippen molar-refractivity contribution in [3.05, 3.63) is 28.5 Å². The largest absolute Gasteiger partial charge is 0.341 e. The number of carbonyl (C=O) groups excluding carboxylic acids is 1. The predicted octanol–water partition coefficient (Wildman–Crippen LogP) is 3.44. The molecule has 1 atom stereocenters. The van der Waals surface area contributed by atoms with Crippen LogP contribution in [0.4, 0.5) is 0 Å². The number of aryl methyl sites for hydroxylation is 1. The van der Waals surface area contributed by atoms with Gasteiger partial charge in [0.15, 0.2) is 4.77 Å². The zero-order chi connectivity index (χ0) is 14.9. The molecule has 1 aromatic heterocycles. The lowest BCUT2D eigenvalue weighted by molar-refractivity contribution is -0.133. The number of fused-ring (bicyclic) bond motifs is 1.